The van der Waals surface area contributed by atoms with Crippen molar-refractivity contribution in [1.29, 1.82) is 0 Å². The van der Waals surface area contributed by atoms with Crippen LogP contribution in [0.1, 0.15) is 27.2 Å². The van der Waals surface area contributed by atoms with E-state index >= 15 is 0 Å². The molecule has 0 unspecified atom stereocenters. The molecule has 0 aliphatic rings. The Morgan fingerprint density at radius 2 is 1.67 bits per heavy atom. The highest BCUT2D eigenvalue weighted by Crippen LogP contribution is 2.05. The molecule has 3 N–H and O–H groups in total. The van der Waals surface area contributed by atoms with Crippen LogP contribution < -0.4 is 5.32 Å². The van der Waals surface area contributed by atoms with Crippen molar-refractivity contribution in [3.05, 3.63) is 0 Å². The number of aliphatic hydroxyl groups is 2. The number of hydrogen-bond donors (Lipinski definition) is 3. The van der Waals surface area contributed by atoms with Crippen molar-refractivity contribution in [3.63, 3.8) is 0 Å². The van der Waals surface area contributed by atoms with Crippen LogP contribution in [0.2, 0.25) is 0 Å². The van der Waals surface area contributed by atoms with Gasteiger partial charge in [0.25, 0.3) is 0 Å². The van der Waals surface area contributed by atoms with Crippen LogP contribution in [0.15, 0.2) is 0 Å². The minimum absolute atomic E-state index is 0.000278. The molecule has 3 nitrogen and oxygen atoms in total. The van der Waals surface area contributed by atoms with Gasteiger partial charge in [0.05, 0.1) is 19.3 Å². The van der Waals surface area contributed by atoms with E-state index in [2.05, 4.69) is 26.1 Å². The molecule has 3 heteroatoms. The van der Waals surface area contributed by atoms with Gasteiger partial charge in [0, 0.05) is 6.04 Å². The first-order valence-corrected chi connectivity index (χ1v) is 4.63. The lowest BCUT2D eigenvalue weighted by molar-refractivity contribution is 0.153. The maximum atomic E-state index is 8.83. The van der Waals surface area contributed by atoms with Crippen molar-refractivity contribution in [3.8, 4) is 0 Å². The maximum Gasteiger partial charge on any atom is 0.0607 e. The summed E-state index contributed by atoms with van der Waals surface area (Å²) in [5.41, 5.74) is 0. The van der Waals surface area contributed by atoms with E-state index in [4.69, 9.17) is 10.2 Å². The third kappa shape index (κ3) is 4.04. The third-order valence-electron chi connectivity index (χ3n) is 2.14. The van der Waals surface area contributed by atoms with Crippen LogP contribution in [-0.2, 0) is 0 Å². The quantitative estimate of drug-likeness (QED) is 0.546. The predicted molar refractivity (Wildman–Crippen MR) is 50.0 cm³/mol. The van der Waals surface area contributed by atoms with Gasteiger partial charge in [0.1, 0.15) is 0 Å². The average Bonchev–Trinajstić information content (AvgIpc) is 2.06. The second-order valence-electron chi connectivity index (χ2n) is 3.49. The topological polar surface area (TPSA) is 52.5 Å². The van der Waals surface area contributed by atoms with E-state index in [1.165, 1.54) is 0 Å². The first-order valence-electron chi connectivity index (χ1n) is 4.63. The molecule has 0 saturated carbocycles. The Morgan fingerprint density at radius 1 is 1.17 bits per heavy atom. The summed E-state index contributed by atoms with van der Waals surface area (Å²) in [5, 5.41) is 20.9. The van der Waals surface area contributed by atoms with Gasteiger partial charge in [-0.3, -0.25) is 0 Å². The molecule has 0 bridgehead atoms. The molecule has 0 aromatic heterocycles. The van der Waals surface area contributed by atoms with Gasteiger partial charge in [-0.15, -0.1) is 0 Å². The highest BCUT2D eigenvalue weighted by Gasteiger charge is 2.14. The molecule has 74 valence electrons. The fourth-order valence-corrected chi connectivity index (χ4v) is 1.25. The summed E-state index contributed by atoms with van der Waals surface area (Å²) >= 11 is 0. The van der Waals surface area contributed by atoms with Crippen molar-refractivity contribution in [1.82, 2.24) is 5.32 Å². The van der Waals surface area contributed by atoms with Gasteiger partial charge in [0.15, 0.2) is 0 Å². The third-order valence-corrected chi connectivity index (χ3v) is 2.14. The van der Waals surface area contributed by atoms with Crippen molar-refractivity contribution in [2.75, 3.05) is 13.2 Å². The maximum absolute atomic E-state index is 8.83. The summed E-state index contributed by atoms with van der Waals surface area (Å²) in [7, 11) is 0. The van der Waals surface area contributed by atoms with Crippen molar-refractivity contribution >= 4 is 0 Å². The monoisotopic (exact) mass is 175 g/mol. The molecule has 0 radical (unpaired) electrons. The smallest absolute Gasteiger partial charge is 0.0607 e. The molecule has 0 spiro atoms. The normalized spacial score (nSPS) is 14.2. The lowest BCUT2D eigenvalue weighted by Gasteiger charge is -2.25. The van der Waals surface area contributed by atoms with Crippen LogP contribution in [0, 0.1) is 5.92 Å². The van der Waals surface area contributed by atoms with Crippen LogP contribution >= 0.6 is 0 Å². The Kier molecular flexibility index (Phi) is 6.34. The average molecular weight is 175 g/mol. The zero-order chi connectivity index (χ0) is 9.56. The van der Waals surface area contributed by atoms with Crippen LogP contribution in [0.5, 0.6) is 0 Å². The predicted octanol–water partition coefficient (Wildman–Crippen LogP) is 0.364. The summed E-state index contributed by atoms with van der Waals surface area (Å²) in [6, 6.07) is 0.214. The largest absolute Gasteiger partial charge is 0.395 e. The van der Waals surface area contributed by atoms with Gasteiger partial charge in [0.2, 0.25) is 0 Å². The van der Waals surface area contributed by atoms with Crippen molar-refractivity contribution in [2.45, 2.75) is 39.3 Å². The highest BCUT2D eigenvalue weighted by atomic mass is 16.3. The van der Waals surface area contributed by atoms with Gasteiger partial charge < -0.3 is 15.5 Å². The molecule has 0 heterocycles. The van der Waals surface area contributed by atoms with Crippen molar-refractivity contribution in [2.24, 2.45) is 5.92 Å². The molecule has 0 aromatic rings. The zero-order valence-electron chi connectivity index (χ0n) is 8.25. The zero-order valence-corrected chi connectivity index (χ0v) is 8.25. The van der Waals surface area contributed by atoms with Gasteiger partial charge >= 0.3 is 0 Å². The van der Waals surface area contributed by atoms with Gasteiger partial charge in [-0.1, -0.05) is 20.8 Å². The molecule has 1 atom stereocenters. The standard InChI is InChI=1S/C9H21NO2/c1-4-9(7(2)3)10-8(5-11)6-12/h7-12H,4-6H2,1-3H3/t9-/m0/s1. The molecular weight excluding hydrogens is 154 g/mol. The first kappa shape index (κ1) is 11.9. The lowest BCUT2D eigenvalue weighted by atomic mass is 10.0. The molecule has 0 fully saturated rings. The molecule has 0 rings (SSSR count). The first-order chi connectivity index (χ1) is 5.65. The summed E-state index contributed by atoms with van der Waals surface area (Å²) < 4.78 is 0. The molecule has 12 heavy (non-hydrogen) atoms. The number of hydrogen-bond acceptors (Lipinski definition) is 3. The number of nitrogens with one attached hydrogen (secondary N) is 1. The fourth-order valence-electron chi connectivity index (χ4n) is 1.25. The van der Waals surface area contributed by atoms with Gasteiger partial charge in [-0.25, -0.2) is 0 Å². The molecular formula is C9H21NO2. The Labute approximate surface area is 74.8 Å². The van der Waals surface area contributed by atoms with E-state index in [0.29, 0.717) is 12.0 Å². The van der Waals surface area contributed by atoms with Crippen LogP contribution in [0.4, 0.5) is 0 Å². The van der Waals surface area contributed by atoms with E-state index < -0.39 is 0 Å². The molecule has 0 saturated heterocycles. The van der Waals surface area contributed by atoms with Crippen LogP contribution in [0.3, 0.4) is 0 Å². The summed E-state index contributed by atoms with van der Waals surface area (Å²) in [6.45, 7) is 6.36. The summed E-state index contributed by atoms with van der Waals surface area (Å²) in [4.78, 5) is 0. The Morgan fingerprint density at radius 3 is 1.92 bits per heavy atom. The summed E-state index contributed by atoms with van der Waals surface area (Å²) in [5.74, 6) is 0.538. The van der Waals surface area contributed by atoms with Crippen LogP contribution in [-0.4, -0.2) is 35.5 Å². The molecule has 0 aromatic carbocycles. The molecule has 0 aliphatic heterocycles. The Hall–Kier alpha value is -0.120. The van der Waals surface area contributed by atoms with Gasteiger partial charge in [-0.05, 0) is 12.3 Å². The SMILES string of the molecule is CC[C@H](NC(CO)CO)C(C)C. The van der Waals surface area contributed by atoms with E-state index in [0.717, 1.165) is 6.42 Å². The number of rotatable bonds is 6. The highest BCUT2D eigenvalue weighted by molar-refractivity contribution is 4.74. The fraction of sp³-hybridized carbons (Fsp3) is 1.00. The van der Waals surface area contributed by atoms with E-state index in [-0.39, 0.29) is 19.3 Å². The molecule has 0 amide bonds. The van der Waals surface area contributed by atoms with Crippen molar-refractivity contribution < 1.29 is 10.2 Å². The minimum Gasteiger partial charge on any atom is -0.395 e. The van der Waals surface area contributed by atoms with Gasteiger partial charge in [-0.2, -0.15) is 0 Å². The minimum atomic E-state index is -0.169. The lowest BCUT2D eigenvalue weighted by Crippen LogP contribution is -2.44. The van der Waals surface area contributed by atoms with E-state index in [1.54, 1.807) is 0 Å². The Balaban J connectivity index is 3.82. The van der Waals surface area contributed by atoms with E-state index in [9.17, 15) is 0 Å². The second kappa shape index (κ2) is 6.40. The Bertz CT molecular complexity index is 103. The summed E-state index contributed by atoms with van der Waals surface area (Å²) in [6.07, 6.45) is 1.02. The van der Waals surface area contributed by atoms with E-state index in [1.807, 2.05) is 0 Å². The number of aliphatic hydroxyl groups excluding tert-OH is 2. The molecule has 0 aliphatic carbocycles. The van der Waals surface area contributed by atoms with Crippen LogP contribution in [0.25, 0.3) is 0 Å². The second-order valence-corrected chi connectivity index (χ2v) is 3.49.